The molecule has 1 aliphatic rings. The first kappa shape index (κ1) is 20.5. The van der Waals surface area contributed by atoms with Crippen LogP contribution in [0.5, 0.6) is 0 Å². The van der Waals surface area contributed by atoms with E-state index in [1.165, 1.54) is 29.3 Å². The first-order chi connectivity index (χ1) is 14.5. The van der Waals surface area contributed by atoms with Crippen molar-refractivity contribution in [1.82, 2.24) is 19.8 Å². The predicted octanol–water partition coefficient (Wildman–Crippen LogP) is 6.12. The van der Waals surface area contributed by atoms with Gasteiger partial charge in [0.15, 0.2) is 0 Å². The van der Waals surface area contributed by atoms with Gasteiger partial charge in [-0.25, -0.2) is 0 Å². The van der Waals surface area contributed by atoms with Gasteiger partial charge in [0.05, 0.1) is 0 Å². The molecule has 2 aromatic carbocycles. The monoisotopic (exact) mass is 471 g/mol. The Kier molecular flexibility index (Phi) is 5.66. The Hall–Kier alpha value is -1.39. The molecule has 1 aliphatic carbocycles. The number of aromatic amines is 1. The van der Waals surface area contributed by atoms with E-state index in [0.717, 1.165) is 37.9 Å². The number of aromatic nitrogens is 4. The molecule has 1 N–H and O–H groups in total. The van der Waals surface area contributed by atoms with Crippen molar-refractivity contribution in [1.29, 1.82) is 0 Å². The summed E-state index contributed by atoms with van der Waals surface area (Å²) in [7, 11) is -0.407. The molecule has 2 atom stereocenters. The number of H-pyrrole nitrogens is 1. The average molecular weight is 471 g/mol. The van der Waals surface area contributed by atoms with Gasteiger partial charge in [-0.1, -0.05) is 0 Å². The number of benzene rings is 2. The van der Waals surface area contributed by atoms with Gasteiger partial charge in [0, 0.05) is 0 Å². The van der Waals surface area contributed by atoms with Crippen LogP contribution in [0.4, 0.5) is 0 Å². The van der Waals surface area contributed by atoms with E-state index in [4.69, 9.17) is 4.98 Å². The van der Waals surface area contributed by atoms with Crippen molar-refractivity contribution in [3.8, 4) is 0 Å². The Morgan fingerprint density at radius 1 is 1.23 bits per heavy atom. The molecule has 7 heteroatoms. The quantitative estimate of drug-likeness (QED) is 0.345. The standard InChI is InChI=1S/C23H25N4PS.V/c1-4-15(2)18-7-8-19-14-24-22-23(25-26-27(22)21(19)13-18)29-28(3)20-11-9-17(10-12-20)16-5-6-16;/h7-13,15-16,26H,4-6H2,1-3H3;. The van der Waals surface area contributed by atoms with Gasteiger partial charge in [0.1, 0.15) is 0 Å². The number of hydrogen-bond donors (Lipinski definition) is 1. The number of nitrogens with one attached hydrogen (secondary N) is 1. The van der Waals surface area contributed by atoms with E-state index in [1.54, 1.807) is 0 Å². The minimum atomic E-state index is -0.407. The summed E-state index contributed by atoms with van der Waals surface area (Å²) in [6, 6.07) is 15.9. The van der Waals surface area contributed by atoms with Crippen LogP contribution in [0.3, 0.4) is 0 Å². The third kappa shape index (κ3) is 3.82. The van der Waals surface area contributed by atoms with Crippen molar-refractivity contribution in [2.75, 3.05) is 6.66 Å². The number of hydrogen-bond acceptors (Lipinski definition) is 3. The molecule has 1 saturated carbocycles. The first-order valence-corrected chi connectivity index (χ1v) is 14.4. The molecule has 30 heavy (non-hydrogen) atoms. The molecule has 153 valence electrons. The topological polar surface area (TPSA) is 46.0 Å². The van der Waals surface area contributed by atoms with E-state index in [2.05, 4.69) is 90.3 Å². The zero-order valence-electron chi connectivity index (χ0n) is 17.5. The van der Waals surface area contributed by atoms with Crippen LogP contribution in [0.1, 0.15) is 56.1 Å². The van der Waals surface area contributed by atoms with Gasteiger partial charge in [-0.3, -0.25) is 0 Å². The predicted molar refractivity (Wildman–Crippen MR) is 124 cm³/mol. The molecule has 2 unspecified atom stereocenters. The number of rotatable bonds is 6. The molecule has 2 aromatic heterocycles. The van der Waals surface area contributed by atoms with Crippen molar-refractivity contribution in [2.45, 2.75) is 50.0 Å². The second-order valence-electron chi connectivity index (χ2n) is 8.15. The summed E-state index contributed by atoms with van der Waals surface area (Å²) < 4.78 is 3.03. The molecule has 4 nitrogen and oxygen atoms in total. The average Bonchev–Trinajstić information content (AvgIpc) is 3.55. The molecule has 0 amide bonds. The maximum atomic E-state index is 4.88. The summed E-state index contributed by atoms with van der Waals surface area (Å²) >= 11 is 4.45. The molecular formula is C23H25N4PSV. The fourth-order valence-electron chi connectivity index (χ4n) is 3.80. The van der Waals surface area contributed by atoms with Gasteiger partial charge in [0.25, 0.3) is 0 Å². The first-order valence-electron chi connectivity index (χ1n) is 10.5. The Morgan fingerprint density at radius 2 is 2.00 bits per heavy atom. The summed E-state index contributed by atoms with van der Waals surface area (Å²) in [5.41, 5.74) is 4.90. The molecule has 0 radical (unpaired) electrons. The van der Waals surface area contributed by atoms with Crippen LogP contribution in [0.2, 0.25) is 0 Å². The van der Waals surface area contributed by atoms with Crippen LogP contribution < -0.4 is 5.30 Å². The fraction of sp³-hybridized carbons (Fsp3) is 0.348. The van der Waals surface area contributed by atoms with Crippen LogP contribution in [0.15, 0.2) is 47.5 Å². The van der Waals surface area contributed by atoms with Gasteiger partial charge < -0.3 is 0 Å². The molecule has 4 aromatic rings. The zero-order chi connectivity index (χ0) is 20.8. The van der Waals surface area contributed by atoms with E-state index < -0.39 is 7.12 Å². The molecule has 1 fully saturated rings. The maximum absolute atomic E-state index is 4.88. The molecule has 0 saturated heterocycles. The van der Waals surface area contributed by atoms with Gasteiger partial charge in [-0.2, -0.15) is 0 Å². The van der Waals surface area contributed by atoms with Crippen LogP contribution in [-0.2, 0) is 17.0 Å². The van der Waals surface area contributed by atoms with Crippen molar-refractivity contribution in [3.63, 3.8) is 0 Å². The fourth-order valence-corrected chi connectivity index (χ4v) is 7.30. The van der Waals surface area contributed by atoms with E-state index >= 15 is 0 Å². The second kappa shape index (κ2) is 8.28. The SMILES string of the molecule is CCC(C)c1ccc2[c](=[V])nc3c(SP(C)c4ccc(C5CC5)cc4)n[nH]n3c2c1. The molecule has 5 rings (SSSR count). The van der Waals surface area contributed by atoms with Gasteiger partial charge >= 0.3 is 191 Å². The van der Waals surface area contributed by atoms with Crippen LogP contribution in [0.25, 0.3) is 16.6 Å². The van der Waals surface area contributed by atoms with Crippen LogP contribution in [-0.4, -0.2) is 26.5 Å². The van der Waals surface area contributed by atoms with Crippen molar-refractivity contribution >= 4 is 40.4 Å². The summed E-state index contributed by atoms with van der Waals surface area (Å²) in [6.07, 6.45) is 3.83. The molecule has 2 heterocycles. The van der Waals surface area contributed by atoms with Crippen molar-refractivity contribution in [2.24, 2.45) is 0 Å². The summed E-state index contributed by atoms with van der Waals surface area (Å²) in [5.74, 6) is 1.34. The van der Waals surface area contributed by atoms with E-state index in [-0.39, 0.29) is 0 Å². The summed E-state index contributed by atoms with van der Waals surface area (Å²) in [6.45, 7) is 6.82. The number of nitrogens with zero attached hydrogens (tertiary/aromatic N) is 3. The third-order valence-corrected chi connectivity index (χ3v) is 10.3. The third-order valence-electron chi connectivity index (χ3n) is 6.08. The van der Waals surface area contributed by atoms with Gasteiger partial charge in [-0.15, -0.1) is 0 Å². The molecular weight excluding hydrogens is 446 g/mol. The summed E-state index contributed by atoms with van der Waals surface area (Å²) in [5, 5.41) is 11.4. The molecule has 0 aliphatic heterocycles. The minimum absolute atomic E-state index is 0.407. The molecule has 0 spiro atoms. The van der Waals surface area contributed by atoms with Crippen molar-refractivity contribution < 1.29 is 17.0 Å². The Bertz CT molecular complexity index is 1280. The zero-order valence-corrected chi connectivity index (χ0v) is 20.6. The van der Waals surface area contributed by atoms with Crippen LogP contribution in [0, 0.1) is 4.00 Å². The Balaban J connectivity index is 1.50. The van der Waals surface area contributed by atoms with Crippen LogP contribution >= 0.6 is 18.5 Å². The summed E-state index contributed by atoms with van der Waals surface area (Å²) in [4.78, 5) is 4.88. The van der Waals surface area contributed by atoms with Gasteiger partial charge in [0.2, 0.25) is 0 Å². The normalized spacial score (nSPS) is 16.2. The molecule has 0 bridgehead atoms. The Labute approximate surface area is 190 Å². The second-order valence-corrected chi connectivity index (χ2v) is 13.1. The van der Waals surface area contributed by atoms with E-state index in [1.807, 2.05) is 15.9 Å². The number of fused-ring (bicyclic) bond motifs is 3. The van der Waals surface area contributed by atoms with Gasteiger partial charge in [-0.05, 0) is 0 Å². The van der Waals surface area contributed by atoms with E-state index in [0.29, 0.717) is 5.92 Å². The van der Waals surface area contributed by atoms with E-state index in [9.17, 15) is 0 Å². The Morgan fingerprint density at radius 3 is 2.70 bits per heavy atom. The van der Waals surface area contributed by atoms with Crippen molar-refractivity contribution in [3.05, 3.63) is 57.6 Å².